The molecular weight excluding hydrogens is 512 g/mol. The number of benzene rings is 3. The number of carbonyl (C=O) groups is 1. The molecule has 0 unspecified atom stereocenters. The Hall–Kier alpha value is -2.65. The Bertz CT molecular complexity index is 1350. The van der Waals surface area contributed by atoms with Gasteiger partial charge in [-0.15, -0.1) is 0 Å². The topological polar surface area (TPSA) is 69.7 Å². The lowest BCUT2D eigenvalue weighted by Crippen LogP contribution is -2.53. The number of nitrogens with one attached hydrogen (secondary N) is 1. The van der Waals surface area contributed by atoms with E-state index in [1.54, 1.807) is 0 Å². The van der Waals surface area contributed by atoms with Gasteiger partial charge < -0.3 is 10.2 Å². The summed E-state index contributed by atoms with van der Waals surface area (Å²) in [5, 5.41) is 3.26. The molecule has 1 aliphatic rings. The predicted molar refractivity (Wildman–Crippen MR) is 138 cm³/mol. The molecule has 1 amide bonds. The third kappa shape index (κ3) is 5.62. The number of aryl methyl sites for hydroxylation is 1. The van der Waals surface area contributed by atoms with Crippen LogP contribution < -0.4 is 10.2 Å². The highest BCUT2D eigenvalue weighted by Crippen LogP contribution is 2.27. The second-order valence-corrected chi connectivity index (χ2v) is 11.3. The fourth-order valence-electron chi connectivity index (χ4n) is 4.07. The summed E-state index contributed by atoms with van der Waals surface area (Å²) in [6.45, 7) is 4.77. The van der Waals surface area contributed by atoms with Crippen molar-refractivity contribution < 1.29 is 17.6 Å². The van der Waals surface area contributed by atoms with Gasteiger partial charge in [0.2, 0.25) is 10.0 Å². The molecule has 1 N–H and O–H groups in total. The Labute approximate surface area is 214 Å². The number of sulfonamides is 1. The Morgan fingerprint density at radius 2 is 1.66 bits per heavy atom. The summed E-state index contributed by atoms with van der Waals surface area (Å²) in [4.78, 5) is 14.3. The largest absolute Gasteiger partial charge is 0.366 e. The summed E-state index contributed by atoms with van der Waals surface area (Å²) in [6, 6.07) is 15.7. The molecule has 0 aromatic heterocycles. The zero-order chi connectivity index (χ0) is 25.3. The molecule has 1 heterocycles. The Morgan fingerprint density at radius 3 is 2.29 bits per heavy atom. The molecule has 10 heteroatoms. The van der Waals surface area contributed by atoms with Crippen molar-refractivity contribution in [3.63, 3.8) is 0 Å². The minimum atomic E-state index is -4.17. The first-order chi connectivity index (χ1) is 16.5. The maximum absolute atomic E-state index is 14.7. The quantitative estimate of drug-likeness (QED) is 0.462. The average molecular weight is 536 g/mol. The fourth-order valence-corrected chi connectivity index (χ4v) is 6.20. The Kier molecular flexibility index (Phi) is 7.38. The van der Waals surface area contributed by atoms with Gasteiger partial charge in [0, 0.05) is 52.7 Å². The van der Waals surface area contributed by atoms with Crippen molar-refractivity contribution in [1.82, 2.24) is 4.31 Å². The van der Waals surface area contributed by atoms with E-state index >= 15 is 0 Å². The van der Waals surface area contributed by atoms with Crippen LogP contribution in [0.5, 0.6) is 0 Å². The van der Waals surface area contributed by atoms with Gasteiger partial charge in [-0.2, -0.15) is 4.31 Å². The van der Waals surface area contributed by atoms with Crippen molar-refractivity contribution in [3.8, 4) is 0 Å². The fraction of sp³-hybridized carbons (Fsp3) is 0.240. The Morgan fingerprint density at radius 1 is 1.00 bits per heavy atom. The van der Waals surface area contributed by atoms with Gasteiger partial charge in [-0.1, -0.05) is 40.9 Å². The summed E-state index contributed by atoms with van der Waals surface area (Å²) in [7, 11) is -4.17. The van der Waals surface area contributed by atoms with Gasteiger partial charge in [0.05, 0.1) is 0 Å². The first-order valence-corrected chi connectivity index (χ1v) is 13.1. The number of rotatable bonds is 5. The molecule has 1 aliphatic heterocycles. The number of hydrogen-bond acceptors (Lipinski definition) is 4. The van der Waals surface area contributed by atoms with E-state index in [1.165, 1.54) is 28.6 Å². The lowest BCUT2D eigenvalue weighted by atomic mass is 10.1. The van der Waals surface area contributed by atoms with Crippen molar-refractivity contribution in [3.05, 3.63) is 87.7 Å². The molecule has 3 aromatic rings. The van der Waals surface area contributed by atoms with Gasteiger partial charge in [-0.25, -0.2) is 12.8 Å². The number of carbonyl (C=O) groups excluding carboxylic acids is 1. The summed E-state index contributed by atoms with van der Waals surface area (Å²) in [5.41, 5.74) is 2.47. The normalized spacial score (nSPS) is 16.8. The molecule has 0 aliphatic carbocycles. The van der Waals surface area contributed by atoms with Crippen molar-refractivity contribution in [2.45, 2.75) is 24.8 Å². The van der Waals surface area contributed by atoms with Gasteiger partial charge in [0.1, 0.15) is 10.7 Å². The van der Waals surface area contributed by atoms with E-state index < -0.39 is 26.6 Å². The van der Waals surface area contributed by atoms with Gasteiger partial charge in [-0.3, -0.25) is 4.79 Å². The summed E-state index contributed by atoms with van der Waals surface area (Å²) in [5.74, 6) is -1.53. The molecule has 0 spiro atoms. The predicted octanol–water partition coefficient (Wildman–Crippen LogP) is 5.59. The van der Waals surface area contributed by atoms with Crippen molar-refractivity contribution in [1.29, 1.82) is 0 Å². The molecule has 35 heavy (non-hydrogen) atoms. The van der Waals surface area contributed by atoms with Gasteiger partial charge in [-0.05, 0) is 62.4 Å². The molecule has 6 nitrogen and oxygen atoms in total. The van der Waals surface area contributed by atoms with Crippen LogP contribution in [0.4, 0.5) is 15.8 Å². The van der Waals surface area contributed by atoms with Crippen LogP contribution in [0.15, 0.2) is 65.6 Å². The summed E-state index contributed by atoms with van der Waals surface area (Å²) < 4.78 is 42.7. The van der Waals surface area contributed by atoms with Crippen LogP contribution >= 0.6 is 23.2 Å². The standard InChI is InChI=1S/C25H24Cl2FN3O3S/c1-16-3-6-22(7-4-16)31-10-9-30(15-17(31)2)35(33,34)24-11-18(5-8-23(24)28)25(32)29-21-13-19(26)12-20(27)14-21/h3-8,11-14,17H,9-10,15H2,1-2H3,(H,29,32)/t17-/m1/s1. The zero-order valence-electron chi connectivity index (χ0n) is 19.1. The maximum Gasteiger partial charge on any atom is 0.255 e. The smallest absolute Gasteiger partial charge is 0.255 e. The number of nitrogens with zero attached hydrogens (tertiary/aromatic N) is 2. The molecule has 3 aromatic carbocycles. The van der Waals surface area contributed by atoms with E-state index in [0.717, 1.165) is 23.4 Å². The minimum absolute atomic E-state index is 0.00703. The number of piperazine rings is 1. The van der Waals surface area contributed by atoms with Crippen LogP contribution in [-0.2, 0) is 10.0 Å². The first-order valence-electron chi connectivity index (χ1n) is 10.9. The third-order valence-corrected chi connectivity index (χ3v) is 8.20. The van der Waals surface area contributed by atoms with Crippen molar-refractivity contribution in [2.75, 3.05) is 29.9 Å². The third-order valence-electron chi connectivity index (χ3n) is 5.89. The number of anilines is 2. The molecule has 184 valence electrons. The van der Waals surface area contributed by atoms with Crippen molar-refractivity contribution >= 4 is 50.5 Å². The van der Waals surface area contributed by atoms with Crippen LogP contribution in [0.2, 0.25) is 10.0 Å². The van der Waals surface area contributed by atoms with Gasteiger partial charge in [0.25, 0.3) is 5.91 Å². The van der Waals surface area contributed by atoms with E-state index in [4.69, 9.17) is 23.2 Å². The highest BCUT2D eigenvalue weighted by atomic mass is 35.5. The molecular formula is C25H24Cl2FN3O3S. The van der Waals surface area contributed by atoms with Crippen LogP contribution in [0, 0.1) is 12.7 Å². The Balaban J connectivity index is 1.54. The van der Waals surface area contributed by atoms with E-state index in [-0.39, 0.29) is 24.7 Å². The van der Waals surface area contributed by atoms with Gasteiger partial charge in [0.15, 0.2) is 0 Å². The molecule has 1 fully saturated rings. The van der Waals surface area contributed by atoms with E-state index in [1.807, 2.05) is 38.1 Å². The van der Waals surface area contributed by atoms with Crippen LogP contribution in [-0.4, -0.2) is 44.3 Å². The highest BCUT2D eigenvalue weighted by Gasteiger charge is 2.34. The molecule has 0 bridgehead atoms. The average Bonchev–Trinajstić information content (AvgIpc) is 2.79. The monoisotopic (exact) mass is 535 g/mol. The second-order valence-electron chi connectivity index (χ2n) is 8.50. The second kappa shape index (κ2) is 10.1. The highest BCUT2D eigenvalue weighted by molar-refractivity contribution is 7.89. The van der Waals surface area contributed by atoms with Crippen molar-refractivity contribution in [2.24, 2.45) is 0 Å². The van der Waals surface area contributed by atoms with E-state index in [2.05, 4.69) is 10.2 Å². The molecule has 0 saturated carbocycles. The lowest BCUT2D eigenvalue weighted by molar-refractivity contribution is 0.102. The lowest BCUT2D eigenvalue weighted by Gasteiger charge is -2.40. The van der Waals surface area contributed by atoms with E-state index in [9.17, 15) is 17.6 Å². The molecule has 1 saturated heterocycles. The van der Waals surface area contributed by atoms with Crippen LogP contribution in [0.25, 0.3) is 0 Å². The zero-order valence-corrected chi connectivity index (χ0v) is 21.5. The number of hydrogen-bond donors (Lipinski definition) is 1. The van der Waals surface area contributed by atoms with Crippen LogP contribution in [0.3, 0.4) is 0 Å². The summed E-state index contributed by atoms with van der Waals surface area (Å²) in [6.07, 6.45) is 0. The molecule has 0 radical (unpaired) electrons. The molecule has 4 rings (SSSR count). The minimum Gasteiger partial charge on any atom is -0.366 e. The number of amides is 1. The molecule has 1 atom stereocenters. The maximum atomic E-state index is 14.7. The van der Waals surface area contributed by atoms with E-state index in [0.29, 0.717) is 22.3 Å². The van der Waals surface area contributed by atoms with Gasteiger partial charge >= 0.3 is 0 Å². The summed E-state index contributed by atoms with van der Waals surface area (Å²) >= 11 is 11.9. The van der Waals surface area contributed by atoms with Crippen LogP contribution in [0.1, 0.15) is 22.8 Å². The first kappa shape index (κ1) is 25.4. The SMILES string of the molecule is Cc1ccc(N2CCN(S(=O)(=O)c3cc(C(=O)Nc4cc(Cl)cc(Cl)c4)ccc3F)C[C@H]2C)cc1. The number of halogens is 3.